The minimum Gasteiger partial charge on any atom is -0.488 e. The van der Waals surface area contributed by atoms with E-state index in [1.807, 2.05) is 44.2 Å². The van der Waals surface area contributed by atoms with Gasteiger partial charge in [0.15, 0.2) is 11.6 Å². The van der Waals surface area contributed by atoms with Gasteiger partial charge in [-0.3, -0.25) is 0 Å². The molecule has 2 aromatic rings. The number of halogens is 1. The summed E-state index contributed by atoms with van der Waals surface area (Å²) in [5.41, 5.74) is 2.52. The first kappa shape index (κ1) is 19.7. The molecule has 1 unspecified atom stereocenters. The molecule has 1 N–H and O–H groups in total. The number of benzene rings is 2. The minimum absolute atomic E-state index is 0.0920. The van der Waals surface area contributed by atoms with Crippen molar-refractivity contribution in [1.82, 2.24) is 5.06 Å². The molecule has 1 saturated heterocycles. The van der Waals surface area contributed by atoms with Crippen LogP contribution in [0.25, 0.3) is 0 Å². The lowest BCUT2D eigenvalue weighted by molar-refractivity contribution is -0.179. The van der Waals surface area contributed by atoms with Crippen molar-refractivity contribution in [3.63, 3.8) is 0 Å². The molecule has 0 aliphatic carbocycles. The molecule has 0 radical (unpaired) electrons. The number of hydrogen-bond donors (Lipinski definition) is 1. The van der Waals surface area contributed by atoms with E-state index < -0.39 is 18.2 Å². The SMILES string of the molecule is CC(C)Oc1ccc(Cc2ccc(NC3=NC4CN3OC(=O)C(=O)O4)cc2)cc1F. The van der Waals surface area contributed by atoms with Crippen LogP contribution in [0.15, 0.2) is 47.5 Å². The summed E-state index contributed by atoms with van der Waals surface area (Å²) < 4.78 is 24.5. The van der Waals surface area contributed by atoms with Crippen LogP contribution < -0.4 is 10.1 Å². The number of guanidine groups is 1. The number of fused-ring (bicyclic) bond motifs is 2. The lowest BCUT2D eigenvalue weighted by Gasteiger charge is -2.17. The topological polar surface area (TPSA) is 89.5 Å². The van der Waals surface area contributed by atoms with Crippen molar-refractivity contribution in [2.45, 2.75) is 32.6 Å². The molecule has 0 amide bonds. The maximum atomic E-state index is 14.2. The molecule has 2 aliphatic rings. The molecule has 2 aliphatic heterocycles. The van der Waals surface area contributed by atoms with Crippen LogP contribution in [0, 0.1) is 5.82 Å². The largest absolute Gasteiger partial charge is 0.488 e. The number of hydrogen-bond acceptors (Lipinski definition) is 8. The van der Waals surface area contributed by atoms with Gasteiger partial charge in [-0.15, -0.1) is 0 Å². The number of aliphatic imine (C=N–C) groups is 1. The first-order valence-electron chi connectivity index (χ1n) is 9.46. The van der Waals surface area contributed by atoms with Crippen LogP contribution in [0.1, 0.15) is 25.0 Å². The van der Waals surface area contributed by atoms with Crippen molar-refractivity contribution in [1.29, 1.82) is 0 Å². The third kappa shape index (κ3) is 4.35. The number of ether oxygens (including phenoxy) is 2. The molecule has 2 bridgehead atoms. The van der Waals surface area contributed by atoms with E-state index in [1.54, 1.807) is 6.07 Å². The maximum Gasteiger partial charge on any atom is 0.441 e. The average molecular weight is 413 g/mol. The number of carbonyl (C=O) groups is 2. The summed E-state index contributed by atoms with van der Waals surface area (Å²) >= 11 is 0. The van der Waals surface area contributed by atoms with E-state index in [-0.39, 0.29) is 30.2 Å². The Morgan fingerprint density at radius 2 is 1.90 bits per heavy atom. The normalized spacial score (nSPS) is 17.9. The Bertz CT molecular complexity index is 1010. The van der Waals surface area contributed by atoms with Crippen molar-refractivity contribution < 1.29 is 28.3 Å². The second-order valence-electron chi connectivity index (χ2n) is 7.18. The highest BCUT2D eigenvalue weighted by Gasteiger charge is 2.38. The lowest BCUT2D eigenvalue weighted by atomic mass is 10.0. The van der Waals surface area contributed by atoms with Crippen molar-refractivity contribution in [3.8, 4) is 5.75 Å². The first-order chi connectivity index (χ1) is 14.4. The fraction of sp³-hybridized carbons (Fsp3) is 0.286. The lowest BCUT2D eigenvalue weighted by Crippen LogP contribution is -2.36. The number of nitrogens with zero attached hydrogens (tertiary/aromatic N) is 2. The van der Waals surface area contributed by atoms with E-state index in [0.29, 0.717) is 12.1 Å². The second-order valence-corrected chi connectivity index (χ2v) is 7.18. The van der Waals surface area contributed by atoms with Crippen LogP contribution in [-0.4, -0.2) is 41.8 Å². The Kier molecular flexibility index (Phi) is 5.26. The number of rotatable bonds is 5. The smallest absolute Gasteiger partial charge is 0.441 e. The van der Waals surface area contributed by atoms with Gasteiger partial charge < -0.3 is 19.6 Å². The highest BCUT2D eigenvalue weighted by Crippen LogP contribution is 2.23. The van der Waals surface area contributed by atoms with Gasteiger partial charge in [-0.25, -0.2) is 19.0 Å². The van der Waals surface area contributed by atoms with Crippen molar-refractivity contribution in [2.24, 2.45) is 4.99 Å². The maximum absolute atomic E-state index is 14.2. The quantitative estimate of drug-likeness (QED) is 0.595. The van der Waals surface area contributed by atoms with Gasteiger partial charge in [-0.2, -0.15) is 5.06 Å². The van der Waals surface area contributed by atoms with E-state index in [4.69, 9.17) is 14.3 Å². The summed E-state index contributed by atoms with van der Waals surface area (Å²) in [5.74, 6) is -2.01. The molecule has 2 heterocycles. The zero-order chi connectivity index (χ0) is 21.3. The molecule has 0 aromatic heterocycles. The zero-order valence-corrected chi connectivity index (χ0v) is 16.4. The number of hydroxylamine groups is 2. The van der Waals surface area contributed by atoms with Gasteiger partial charge in [0.2, 0.25) is 12.2 Å². The summed E-state index contributed by atoms with van der Waals surface area (Å²) in [6, 6.07) is 12.4. The van der Waals surface area contributed by atoms with Crippen LogP contribution in [-0.2, 0) is 25.6 Å². The third-order valence-corrected chi connectivity index (χ3v) is 4.40. The molecular formula is C21H20FN3O5. The highest BCUT2D eigenvalue weighted by molar-refractivity contribution is 6.30. The highest BCUT2D eigenvalue weighted by atomic mass is 19.1. The van der Waals surface area contributed by atoms with E-state index >= 15 is 0 Å². The van der Waals surface area contributed by atoms with Crippen LogP contribution in [0.2, 0.25) is 0 Å². The van der Waals surface area contributed by atoms with Gasteiger partial charge in [0.25, 0.3) is 0 Å². The van der Waals surface area contributed by atoms with Gasteiger partial charge in [-0.05, 0) is 55.7 Å². The fourth-order valence-corrected chi connectivity index (χ4v) is 3.09. The molecule has 0 spiro atoms. The number of esters is 1. The summed E-state index contributed by atoms with van der Waals surface area (Å²) in [5, 5.41) is 4.22. The Hall–Kier alpha value is -3.62. The fourth-order valence-electron chi connectivity index (χ4n) is 3.09. The number of nitrogens with one attached hydrogen (secondary N) is 1. The molecule has 156 valence electrons. The van der Waals surface area contributed by atoms with Crippen molar-refractivity contribution >= 4 is 23.6 Å². The Morgan fingerprint density at radius 1 is 1.17 bits per heavy atom. The minimum atomic E-state index is -1.08. The Labute approximate surface area is 172 Å². The predicted octanol–water partition coefficient (Wildman–Crippen LogP) is 2.63. The number of carbonyl (C=O) groups excluding carboxylic acids is 2. The molecule has 9 heteroatoms. The molecule has 1 atom stereocenters. The monoisotopic (exact) mass is 413 g/mol. The van der Waals surface area contributed by atoms with Gasteiger partial charge >= 0.3 is 11.9 Å². The molecule has 1 fully saturated rings. The first-order valence-corrected chi connectivity index (χ1v) is 9.46. The molecule has 30 heavy (non-hydrogen) atoms. The van der Waals surface area contributed by atoms with Crippen LogP contribution >= 0.6 is 0 Å². The Morgan fingerprint density at radius 3 is 2.60 bits per heavy atom. The Balaban J connectivity index is 1.40. The van der Waals surface area contributed by atoms with E-state index in [0.717, 1.165) is 11.1 Å². The average Bonchev–Trinajstić information content (AvgIpc) is 2.98. The van der Waals surface area contributed by atoms with Gasteiger partial charge in [-0.1, -0.05) is 18.2 Å². The standard InChI is InChI=1S/C21H20FN3O5/c1-12(2)28-17-8-5-14(10-16(17)22)9-13-3-6-15(7-4-13)23-21-24-18-11-25(21)30-20(27)19(26)29-18/h3-8,10,12,18H,9,11H2,1-2H3,(H,23,24). The van der Waals surface area contributed by atoms with Crippen molar-refractivity contribution in [3.05, 3.63) is 59.4 Å². The predicted molar refractivity (Wildman–Crippen MR) is 105 cm³/mol. The molecule has 2 aromatic carbocycles. The molecule has 8 nitrogen and oxygen atoms in total. The zero-order valence-electron chi connectivity index (χ0n) is 16.4. The summed E-state index contributed by atoms with van der Waals surface area (Å²) in [6.45, 7) is 3.84. The molecular weight excluding hydrogens is 393 g/mol. The van der Waals surface area contributed by atoms with E-state index in [9.17, 15) is 14.0 Å². The third-order valence-electron chi connectivity index (χ3n) is 4.40. The van der Waals surface area contributed by atoms with Crippen molar-refractivity contribution in [2.75, 3.05) is 11.9 Å². The summed E-state index contributed by atoms with van der Waals surface area (Å²) in [6.07, 6.45) is -0.323. The summed E-state index contributed by atoms with van der Waals surface area (Å²) in [4.78, 5) is 31.9. The summed E-state index contributed by atoms with van der Waals surface area (Å²) in [7, 11) is 0. The van der Waals surface area contributed by atoms with Gasteiger partial charge in [0, 0.05) is 5.69 Å². The van der Waals surface area contributed by atoms with Crippen LogP contribution in [0.5, 0.6) is 5.75 Å². The van der Waals surface area contributed by atoms with Crippen LogP contribution in [0.3, 0.4) is 0 Å². The van der Waals surface area contributed by atoms with Gasteiger partial charge in [0.1, 0.15) is 6.54 Å². The van der Waals surface area contributed by atoms with Gasteiger partial charge in [0.05, 0.1) is 6.10 Å². The molecule has 0 saturated carbocycles. The van der Waals surface area contributed by atoms with E-state index in [2.05, 4.69) is 10.3 Å². The molecule has 4 rings (SSSR count). The second kappa shape index (κ2) is 8.02. The van der Waals surface area contributed by atoms with E-state index in [1.165, 1.54) is 11.1 Å². The number of anilines is 1. The van der Waals surface area contributed by atoms with Crippen LogP contribution in [0.4, 0.5) is 10.1 Å².